The van der Waals surface area contributed by atoms with Gasteiger partial charge in [0.2, 0.25) is 0 Å². The Morgan fingerprint density at radius 2 is 1.23 bits per heavy atom. The predicted octanol–water partition coefficient (Wildman–Crippen LogP) is 5.68. The molecule has 1 aromatic heterocycles. The molecule has 0 unspecified atom stereocenters. The van der Waals surface area contributed by atoms with Gasteiger partial charge in [-0.25, -0.2) is 0 Å². The van der Waals surface area contributed by atoms with Gasteiger partial charge in [0, 0.05) is 5.69 Å². The van der Waals surface area contributed by atoms with E-state index in [1.807, 2.05) is 60.7 Å². The fourth-order valence-electron chi connectivity index (χ4n) is 3.19. The summed E-state index contributed by atoms with van der Waals surface area (Å²) in [5, 5.41) is 0. The molecule has 4 rings (SSSR count). The maximum Gasteiger partial charge on any atom is 0.256 e. The van der Waals surface area contributed by atoms with E-state index in [1.54, 1.807) is 0 Å². The molecule has 1 N–H and O–H groups in total. The second-order valence-electron chi connectivity index (χ2n) is 6.40. The van der Waals surface area contributed by atoms with E-state index in [1.165, 1.54) is 5.56 Å². The van der Waals surface area contributed by atoms with Crippen molar-refractivity contribution in [2.24, 2.45) is 0 Å². The number of pyridine rings is 1. The van der Waals surface area contributed by atoms with Crippen molar-refractivity contribution < 1.29 is 0 Å². The van der Waals surface area contributed by atoms with Crippen molar-refractivity contribution in [3.05, 3.63) is 107 Å². The number of rotatable bonds is 3. The maximum absolute atomic E-state index is 13.0. The molecular formula is C24H19NO. The number of aromatic amines is 1. The minimum atomic E-state index is -0.0758. The molecule has 0 spiro atoms. The lowest BCUT2D eigenvalue weighted by Crippen LogP contribution is -2.11. The van der Waals surface area contributed by atoms with Crippen LogP contribution in [-0.4, -0.2) is 4.98 Å². The normalized spacial score (nSPS) is 10.7. The molecule has 26 heavy (non-hydrogen) atoms. The summed E-state index contributed by atoms with van der Waals surface area (Å²) < 4.78 is 0. The van der Waals surface area contributed by atoms with Crippen molar-refractivity contribution in [1.82, 2.24) is 4.98 Å². The lowest BCUT2D eigenvalue weighted by Gasteiger charge is -2.12. The molecule has 4 aromatic rings. The third kappa shape index (κ3) is 3.09. The van der Waals surface area contributed by atoms with Gasteiger partial charge in [-0.05, 0) is 35.2 Å². The van der Waals surface area contributed by atoms with Crippen LogP contribution in [0.1, 0.15) is 5.56 Å². The molecule has 0 amide bonds. The van der Waals surface area contributed by atoms with E-state index in [2.05, 4.69) is 42.2 Å². The lowest BCUT2D eigenvalue weighted by molar-refractivity contribution is 1.24. The summed E-state index contributed by atoms with van der Waals surface area (Å²) in [4.78, 5) is 16.1. The Morgan fingerprint density at radius 3 is 1.85 bits per heavy atom. The van der Waals surface area contributed by atoms with Gasteiger partial charge in [0.1, 0.15) is 0 Å². The highest BCUT2D eigenvalue weighted by Gasteiger charge is 2.14. The maximum atomic E-state index is 13.0. The van der Waals surface area contributed by atoms with Gasteiger partial charge >= 0.3 is 0 Å². The molecule has 0 atom stereocenters. The highest BCUT2D eigenvalue weighted by Crippen LogP contribution is 2.32. The minimum Gasteiger partial charge on any atom is -0.321 e. The molecule has 0 saturated carbocycles. The first-order valence-corrected chi connectivity index (χ1v) is 8.67. The monoisotopic (exact) mass is 337 g/mol. The summed E-state index contributed by atoms with van der Waals surface area (Å²) in [6.45, 7) is 2.06. The number of benzene rings is 3. The van der Waals surface area contributed by atoms with Crippen LogP contribution in [-0.2, 0) is 0 Å². The molecule has 0 fully saturated rings. The van der Waals surface area contributed by atoms with Crippen molar-refractivity contribution in [3.63, 3.8) is 0 Å². The van der Waals surface area contributed by atoms with Gasteiger partial charge in [-0.3, -0.25) is 4.79 Å². The largest absolute Gasteiger partial charge is 0.321 e. The third-order valence-corrected chi connectivity index (χ3v) is 4.54. The molecule has 0 radical (unpaired) electrons. The molecule has 0 aliphatic carbocycles. The van der Waals surface area contributed by atoms with Crippen LogP contribution in [0, 0.1) is 6.92 Å². The van der Waals surface area contributed by atoms with Crippen molar-refractivity contribution in [2.75, 3.05) is 0 Å². The highest BCUT2D eigenvalue weighted by molar-refractivity contribution is 5.85. The topological polar surface area (TPSA) is 32.9 Å². The minimum absolute atomic E-state index is 0.0758. The Balaban J connectivity index is 2.00. The van der Waals surface area contributed by atoms with Gasteiger partial charge < -0.3 is 4.98 Å². The van der Waals surface area contributed by atoms with Gasteiger partial charge in [0.15, 0.2) is 0 Å². The van der Waals surface area contributed by atoms with Crippen LogP contribution in [0.5, 0.6) is 0 Å². The van der Waals surface area contributed by atoms with Crippen LogP contribution < -0.4 is 5.56 Å². The van der Waals surface area contributed by atoms with Crippen LogP contribution in [0.15, 0.2) is 95.8 Å². The second-order valence-corrected chi connectivity index (χ2v) is 6.40. The van der Waals surface area contributed by atoms with Gasteiger partial charge in [-0.15, -0.1) is 0 Å². The van der Waals surface area contributed by atoms with Crippen LogP contribution in [0.2, 0.25) is 0 Å². The van der Waals surface area contributed by atoms with Gasteiger partial charge in [-0.1, -0.05) is 90.5 Å². The van der Waals surface area contributed by atoms with E-state index in [-0.39, 0.29) is 5.56 Å². The molecule has 0 bridgehead atoms. The van der Waals surface area contributed by atoms with Crippen LogP contribution in [0.25, 0.3) is 33.5 Å². The second kappa shape index (κ2) is 6.85. The third-order valence-electron chi connectivity index (χ3n) is 4.54. The fraction of sp³-hybridized carbons (Fsp3) is 0.0417. The van der Waals surface area contributed by atoms with Crippen LogP contribution in [0.4, 0.5) is 0 Å². The molecule has 0 aliphatic heterocycles. The van der Waals surface area contributed by atoms with E-state index in [0.29, 0.717) is 5.56 Å². The molecular weight excluding hydrogens is 318 g/mol. The molecule has 0 saturated heterocycles. The average Bonchev–Trinajstić information content (AvgIpc) is 2.69. The lowest BCUT2D eigenvalue weighted by atomic mass is 9.94. The summed E-state index contributed by atoms with van der Waals surface area (Å²) in [7, 11) is 0. The average molecular weight is 337 g/mol. The molecule has 3 aromatic carbocycles. The smallest absolute Gasteiger partial charge is 0.256 e. The zero-order chi connectivity index (χ0) is 17.9. The van der Waals surface area contributed by atoms with E-state index in [9.17, 15) is 4.79 Å². The highest BCUT2D eigenvalue weighted by atomic mass is 16.1. The standard InChI is InChI=1S/C24H19NO/c1-17-12-14-18(15-13-17)21-16-22(19-8-4-2-5-9-19)25-24(26)23(21)20-10-6-3-7-11-20/h2-16H,1H3,(H,25,26). The molecule has 0 aliphatic rings. The van der Waals surface area contributed by atoms with Crippen LogP contribution in [0.3, 0.4) is 0 Å². The van der Waals surface area contributed by atoms with Crippen molar-refractivity contribution in [3.8, 4) is 33.5 Å². The molecule has 126 valence electrons. The Hall–Kier alpha value is -3.39. The summed E-state index contributed by atoms with van der Waals surface area (Å²) in [6.07, 6.45) is 0. The number of hydrogen-bond acceptors (Lipinski definition) is 1. The Bertz CT molecular complexity index is 1080. The van der Waals surface area contributed by atoms with E-state index in [4.69, 9.17) is 0 Å². The number of nitrogens with one attached hydrogen (secondary N) is 1. The summed E-state index contributed by atoms with van der Waals surface area (Å²) in [5.74, 6) is 0. The number of aryl methyl sites for hydroxylation is 1. The first-order valence-electron chi connectivity index (χ1n) is 8.67. The first-order chi connectivity index (χ1) is 12.7. The predicted molar refractivity (Wildman–Crippen MR) is 108 cm³/mol. The quantitative estimate of drug-likeness (QED) is 0.512. The van der Waals surface area contributed by atoms with Crippen LogP contribution >= 0.6 is 0 Å². The summed E-state index contributed by atoms with van der Waals surface area (Å²) >= 11 is 0. The zero-order valence-electron chi connectivity index (χ0n) is 14.6. The molecule has 1 heterocycles. The number of aromatic nitrogens is 1. The Morgan fingerprint density at radius 1 is 0.654 bits per heavy atom. The van der Waals surface area contributed by atoms with Gasteiger partial charge in [0.25, 0.3) is 5.56 Å². The van der Waals surface area contributed by atoms with E-state index < -0.39 is 0 Å². The number of H-pyrrole nitrogens is 1. The van der Waals surface area contributed by atoms with Gasteiger partial charge in [0.05, 0.1) is 5.56 Å². The summed E-state index contributed by atoms with van der Waals surface area (Å²) in [5.41, 5.74) is 6.55. The van der Waals surface area contributed by atoms with Gasteiger partial charge in [-0.2, -0.15) is 0 Å². The van der Waals surface area contributed by atoms with Crippen molar-refractivity contribution in [1.29, 1.82) is 0 Å². The Labute approximate surface area is 152 Å². The number of hydrogen-bond donors (Lipinski definition) is 1. The Kier molecular flexibility index (Phi) is 4.24. The van der Waals surface area contributed by atoms with Crippen molar-refractivity contribution in [2.45, 2.75) is 6.92 Å². The summed E-state index contributed by atoms with van der Waals surface area (Å²) in [6, 6.07) is 30.1. The molecule has 2 heteroatoms. The molecule has 2 nitrogen and oxygen atoms in total. The van der Waals surface area contributed by atoms with E-state index >= 15 is 0 Å². The fourth-order valence-corrected chi connectivity index (χ4v) is 3.19. The van der Waals surface area contributed by atoms with E-state index in [0.717, 1.165) is 27.9 Å². The zero-order valence-corrected chi connectivity index (χ0v) is 14.6. The SMILES string of the molecule is Cc1ccc(-c2cc(-c3ccccc3)[nH]c(=O)c2-c2ccccc2)cc1. The van der Waals surface area contributed by atoms with Crippen molar-refractivity contribution >= 4 is 0 Å². The first kappa shape index (κ1) is 16.1.